The van der Waals surface area contributed by atoms with Gasteiger partial charge in [0.2, 0.25) is 0 Å². The van der Waals surface area contributed by atoms with Gasteiger partial charge in [0.05, 0.1) is 0 Å². The molecule has 114 valence electrons. The molecule has 4 heterocycles. The Morgan fingerprint density at radius 1 is 1.09 bits per heavy atom. The highest BCUT2D eigenvalue weighted by Gasteiger charge is 2.34. The molecule has 1 atom stereocenters. The van der Waals surface area contributed by atoms with E-state index >= 15 is 0 Å². The quantitative estimate of drug-likeness (QED) is 0.943. The molecule has 1 N–H and O–H groups in total. The van der Waals surface area contributed by atoms with Crippen molar-refractivity contribution < 1.29 is 4.79 Å². The third-order valence-corrected chi connectivity index (χ3v) is 5.66. The smallest absolute Gasteiger partial charge is 0.251 e. The zero-order chi connectivity index (χ0) is 14.9. The number of hydrogen-bond donors (Lipinski definition) is 1. The van der Waals surface area contributed by atoms with Gasteiger partial charge in [0.15, 0.2) is 0 Å². The van der Waals surface area contributed by atoms with E-state index < -0.39 is 0 Å². The molecule has 3 fully saturated rings. The second-order valence-electron chi connectivity index (χ2n) is 6.31. The Kier molecular flexibility index (Phi) is 3.72. The van der Waals surface area contributed by atoms with Gasteiger partial charge < -0.3 is 10.2 Å². The van der Waals surface area contributed by atoms with Gasteiger partial charge in [0, 0.05) is 18.2 Å². The average molecular weight is 312 g/mol. The lowest BCUT2D eigenvalue weighted by molar-refractivity contribution is 0.0620. The van der Waals surface area contributed by atoms with E-state index in [2.05, 4.69) is 27.0 Å². The number of carbonyl (C=O) groups is 1. The minimum absolute atomic E-state index is 0.0654. The number of nitrogens with one attached hydrogen (secondary N) is 1. The Morgan fingerprint density at radius 3 is 2.45 bits per heavy atom. The molecule has 3 aliphatic heterocycles. The van der Waals surface area contributed by atoms with Crippen molar-refractivity contribution in [2.45, 2.75) is 18.9 Å². The molecule has 1 amide bonds. The molecule has 0 saturated carbocycles. The van der Waals surface area contributed by atoms with Crippen LogP contribution >= 0.6 is 11.3 Å². The minimum Gasteiger partial charge on any atom is -0.348 e. The fraction of sp³-hybridized carbons (Fsp3) is 0.389. The van der Waals surface area contributed by atoms with Crippen LogP contribution in [0.3, 0.4) is 0 Å². The van der Waals surface area contributed by atoms with Crippen LogP contribution < -0.4 is 5.32 Å². The normalized spacial score (nSPS) is 26.8. The topological polar surface area (TPSA) is 32.3 Å². The summed E-state index contributed by atoms with van der Waals surface area (Å²) in [6.07, 6.45) is 2.45. The lowest BCUT2D eigenvalue weighted by atomic mass is 9.84. The van der Waals surface area contributed by atoms with Crippen molar-refractivity contribution in [2.24, 2.45) is 5.92 Å². The molecule has 1 unspecified atom stereocenters. The Balaban J connectivity index is 1.44. The summed E-state index contributed by atoms with van der Waals surface area (Å²) in [6, 6.07) is 10.4. The Bertz CT molecular complexity index is 642. The van der Waals surface area contributed by atoms with Gasteiger partial charge >= 0.3 is 0 Å². The number of carbonyl (C=O) groups excluding carboxylic acids is 1. The van der Waals surface area contributed by atoms with Crippen LogP contribution in [-0.4, -0.2) is 36.5 Å². The molecule has 4 heteroatoms. The van der Waals surface area contributed by atoms with Gasteiger partial charge in [-0.15, -0.1) is 0 Å². The molecule has 0 radical (unpaired) electrons. The average Bonchev–Trinajstić information content (AvgIpc) is 3.10. The summed E-state index contributed by atoms with van der Waals surface area (Å²) in [7, 11) is 0. The van der Waals surface area contributed by atoms with E-state index in [-0.39, 0.29) is 5.91 Å². The maximum atomic E-state index is 12.5. The number of thiophene rings is 1. The van der Waals surface area contributed by atoms with Gasteiger partial charge in [-0.25, -0.2) is 0 Å². The zero-order valence-corrected chi connectivity index (χ0v) is 13.3. The van der Waals surface area contributed by atoms with Crippen molar-refractivity contribution >= 4 is 17.2 Å². The monoisotopic (exact) mass is 312 g/mol. The van der Waals surface area contributed by atoms with Crippen molar-refractivity contribution in [3.05, 3.63) is 46.7 Å². The van der Waals surface area contributed by atoms with Crippen molar-refractivity contribution in [1.82, 2.24) is 10.2 Å². The lowest BCUT2D eigenvalue weighted by Crippen LogP contribution is -2.57. The van der Waals surface area contributed by atoms with Gasteiger partial charge in [-0.1, -0.05) is 12.1 Å². The van der Waals surface area contributed by atoms with Crippen molar-refractivity contribution in [3.8, 4) is 11.1 Å². The third-order valence-electron chi connectivity index (χ3n) is 4.97. The SMILES string of the molecule is O=C(NC1CN2CCC1CC2)c1ccc(-c2ccsc2)cc1. The minimum atomic E-state index is 0.0654. The Morgan fingerprint density at radius 2 is 1.86 bits per heavy atom. The van der Waals surface area contributed by atoms with E-state index in [1.807, 2.05) is 24.3 Å². The van der Waals surface area contributed by atoms with E-state index in [1.165, 1.54) is 37.1 Å². The molecule has 2 aromatic rings. The summed E-state index contributed by atoms with van der Waals surface area (Å²) in [4.78, 5) is 14.9. The Hall–Kier alpha value is -1.65. The van der Waals surface area contributed by atoms with Crippen LogP contribution in [0.15, 0.2) is 41.1 Å². The molecule has 3 aliphatic rings. The fourth-order valence-corrected chi connectivity index (χ4v) is 4.29. The molecule has 2 bridgehead atoms. The van der Waals surface area contributed by atoms with Gasteiger partial charge in [-0.2, -0.15) is 11.3 Å². The number of amides is 1. The van der Waals surface area contributed by atoms with E-state index in [0.29, 0.717) is 12.0 Å². The van der Waals surface area contributed by atoms with Gasteiger partial charge in [-0.05, 0) is 71.9 Å². The summed E-state index contributed by atoms with van der Waals surface area (Å²) in [5.74, 6) is 0.731. The summed E-state index contributed by atoms with van der Waals surface area (Å²) >= 11 is 1.69. The maximum absolute atomic E-state index is 12.5. The first-order valence-corrected chi connectivity index (χ1v) is 8.90. The molecular formula is C18H20N2OS. The van der Waals surface area contributed by atoms with Gasteiger partial charge in [0.1, 0.15) is 0 Å². The van der Waals surface area contributed by atoms with Crippen LogP contribution in [0.5, 0.6) is 0 Å². The van der Waals surface area contributed by atoms with E-state index in [1.54, 1.807) is 11.3 Å². The van der Waals surface area contributed by atoms with Gasteiger partial charge in [-0.3, -0.25) is 4.79 Å². The Labute approximate surface area is 135 Å². The zero-order valence-electron chi connectivity index (χ0n) is 12.5. The molecule has 1 aromatic heterocycles. The highest BCUT2D eigenvalue weighted by Crippen LogP contribution is 2.28. The van der Waals surface area contributed by atoms with Crippen LogP contribution in [0.25, 0.3) is 11.1 Å². The van der Waals surface area contributed by atoms with Crippen LogP contribution in [0.1, 0.15) is 23.2 Å². The first-order chi connectivity index (χ1) is 10.8. The predicted octanol–water partition coefficient (Wildman–Crippen LogP) is 3.24. The van der Waals surface area contributed by atoms with E-state index in [9.17, 15) is 4.79 Å². The number of nitrogens with zero attached hydrogens (tertiary/aromatic N) is 1. The van der Waals surface area contributed by atoms with Crippen LogP contribution in [0.2, 0.25) is 0 Å². The molecule has 3 saturated heterocycles. The van der Waals surface area contributed by atoms with Crippen molar-refractivity contribution in [2.75, 3.05) is 19.6 Å². The molecule has 1 aromatic carbocycles. The van der Waals surface area contributed by atoms with Crippen LogP contribution in [0.4, 0.5) is 0 Å². The molecule has 3 nitrogen and oxygen atoms in total. The molecule has 5 rings (SSSR count). The number of benzene rings is 1. The highest BCUT2D eigenvalue weighted by molar-refractivity contribution is 7.08. The molecule has 0 spiro atoms. The molecule has 22 heavy (non-hydrogen) atoms. The number of hydrogen-bond acceptors (Lipinski definition) is 3. The first-order valence-electron chi connectivity index (χ1n) is 7.95. The predicted molar refractivity (Wildman–Crippen MR) is 90.2 cm³/mol. The maximum Gasteiger partial charge on any atom is 0.251 e. The van der Waals surface area contributed by atoms with Crippen LogP contribution in [0, 0.1) is 5.92 Å². The highest BCUT2D eigenvalue weighted by atomic mass is 32.1. The second kappa shape index (κ2) is 5.86. The number of rotatable bonds is 3. The number of piperidine rings is 3. The molecular weight excluding hydrogens is 292 g/mol. The first kappa shape index (κ1) is 14.0. The standard InChI is InChI=1S/C18H20N2OS/c21-18(19-17-11-20-8-5-14(17)6-9-20)15-3-1-13(2-4-15)16-7-10-22-12-16/h1-4,7,10,12,14,17H,5-6,8-9,11H2,(H,19,21). The third kappa shape index (κ3) is 2.69. The second-order valence-corrected chi connectivity index (χ2v) is 7.09. The largest absolute Gasteiger partial charge is 0.348 e. The van der Waals surface area contributed by atoms with E-state index in [4.69, 9.17) is 0 Å². The van der Waals surface area contributed by atoms with Gasteiger partial charge in [0.25, 0.3) is 5.91 Å². The van der Waals surface area contributed by atoms with Crippen LogP contribution in [-0.2, 0) is 0 Å². The van der Waals surface area contributed by atoms with Crippen molar-refractivity contribution in [3.63, 3.8) is 0 Å². The summed E-state index contributed by atoms with van der Waals surface area (Å²) in [6.45, 7) is 3.42. The van der Waals surface area contributed by atoms with Crippen molar-refractivity contribution in [1.29, 1.82) is 0 Å². The molecule has 0 aliphatic carbocycles. The van der Waals surface area contributed by atoms with E-state index in [0.717, 1.165) is 12.1 Å². The number of fused-ring (bicyclic) bond motifs is 3. The fourth-order valence-electron chi connectivity index (χ4n) is 3.62. The summed E-state index contributed by atoms with van der Waals surface area (Å²) in [5, 5.41) is 7.44. The summed E-state index contributed by atoms with van der Waals surface area (Å²) in [5.41, 5.74) is 3.14. The lowest BCUT2D eigenvalue weighted by Gasteiger charge is -2.44. The summed E-state index contributed by atoms with van der Waals surface area (Å²) < 4.78 is 0.